The summed E-state index contributed by atoms with van der Waals surface area (Å²) in [4.78, 5) is 24.6. The summed E-state index contributed by atoms with van der Waals surface area (Å²) in [6.07, 6.45) is 0. The molecule has 0 unspecified atom stereocenters. The molecule has 0 radical (unpaired) electrons. The molecule has 6 nitrogen and oxygen atoms in total. The summed E-state index contributed by atoms with van der Waals surface area (Å²) < 4.78 is 5.32. The van der Waals surface area contributed by atoms with E-state index in [4.69, 9.17) is 28.6 Å². The normalized spacial score (nSPS) is 10.2. The molecular formula is C20H16ClN3O3S. The van der Waals surface area contributed by atoms with E-state index in [0.717, 1.165) is 10.8 Å². The molecule has 0 spiro atoms. The summed E-state index contributed by atoms with van der Waals surface area (Å²) in [5.74, 6) is -0.457. The van der Waals surface area contributed by atoms with Crippen LogP contribution in [0.2, 0.25) is 5.02 Å². The number of halogens is 1. The molecular weight excluding hydrogens is 398 g/mol. The first-order valence-electron chi connectivity index (χ1n) is 8.22. The fourth-order valence-electron chi connectivity index (χ4n) is 2.55. The fourth-order valence-corrected chi connectivity index (χ4v) is 2.82. The van der Waals surface area contributed by atoms with E-state index in [1.807, 2.05) is 24.3 Å². The van der Waals surface area contributed by atoms with Crippen LogP contribution in [-0.4, -0.2) is 24.0 Å². The van der Waals surface area contributed by atoms with Crippen LogP contribution < -0.4 is 20.9 Å². The van der Waals surface area contributed by atoms with Gasteiger partial charge in [-0.25, -0.2) is 0 Å². The van der Waals surface area contributed by atoms with E-state index in [1.165, 1.54) is 7.11 Å². The number of hydrazine groups is 1. The molecule has 0 bridgehead atoms. The minimum absolute atomic E-state index is 0.0532. The third kappa shape index (κ3) is 4.57. The summed E-state index contributed by atoms with van der Waals surface area (Å²) in [5.41, 5.74) is 5.63. The molecule has 3 aromatic carbocycles. The molecule has 3 N–H and O–H groups in total. The molecule has 0 saturated carbocycles. The van der Waals surface area contributed by atoms with Gasteiger partial charge in [-0.15, -0.1) is 0 Å². The lowest BCUT2D eigenvalue weighted by Crippen LogP contribution is -2.48. The highest BCUT2D eigenvalue weighted by Crippen LogP contribution is 2.25. The number of rotatable bonds is 3. The summed E-state index contributed by atoms with van der Waals surface area (Å²) in [5, 5.41) is 4.83. The Kier molecular flexibility index (Phi) is 6.08. The number of methoxy groups -OCH3 is 1. The first kappa shape index (κ1) is 19.6. The van der Waals surface area contributed by atoms with Gasteiger partial charge in [0.15, 0.2) is 5.11 Å². The van der Waals surface area contributed by atoms with Crippen LogP contribution in [0, 0.1) is 0 Å². The molecule has 142 valence electrons. The van der Waals surface area contributed by atoms with E-state index in [0.29, 0.717) is 21.9 Å². The van der Waals surface area contributed by atoms with Crippen molar-refractivity contribution < 1.29 is 14.3 Å². The molecule has 3 rings (SSSR count). The number of nitrogens with one attached hydrogen (secondary N) is 3. The minimum atomic E-state index is -0.458. The minimum Gasteiger partial charge on any atom is -0.496 e. The van der Waals surface area contributed by atoms with Crippen LogP contribution in [0.15, 0.2) is 60.7 Å². The number of amides is 2. The molecule has 0 aliphatic rings. The number of hydrogen-bond acceptors (Lipinski definition) is 4. The van der Waals surface area contributed by atoms with E-state index < -0.39 is 11.8 Å². The summed E-state index contributed by atoms with van der Waals surface area (Å²) in [6, 6.07) is 17.5. The van der Waals surface area contributed by atoms with Crippen LogP contribution >= 0.6 is 23.8 Å². The average Bonchev–Trinajstić information content (AvgIpc) is 2.71. The maximum Gasteiger partial charge on any atom is 0.269 e. The topological polar surface area (TPSA) is 79.5 Å². The molecule has 0 saturated heterocycles. The first-order chi connectivity index (χ1) is 13.5. The third-order valence-electron chi connectivity index (χ3n) is 3.94. The monoisotopic (exact) mass is 413 g/mol. The number of benzene rings is 3. The molecule has 0 heterocycles. The molecule has 8 heteroatoms. The number of ether oxygens (including phenoxy) is 1. The van der Waals surface area contributed by atoms with Gasteiger partial charge in [-0.05, 0) is 59.4 Å². The van der Waals surface area contributed by atoms with E-state index in [9.17, 15) is 9.59 Å². The van der Waals surface area contributed by atoms with Crippen LogP contribution in [0.4, 0.5) is 0 Å². The zero-order chi connectivity index (χ0) is 20.1. The van der Waals surface area contributed by atoms with Gasteiger partial charge in [0.1, 0.15) is 5.75 Å². The Morgan fingerprint density at radius 2 is 1.57 bits per heavy atom. The van der Waals surface area contributed by atoms with Crippen molar-refractivity contribution in [2.75, 3.05) is 7.11 Å². The largest absolute Gasteiger partial charge is 0.496 e. The highest BCUT2D eigenvalue weighted by Gasteiger charge is 2.15. The number of carbonyl (C=O) groups is 2. The number of thiocarbonyl (C=S) groups is 1. The SMILES string of the molecule is COc1cc2ccccc2cc1C(=O)NC(=S)NNC(=O)c1ccc(Cl)cc1. The zero-order valence-corrected chi connectivity index (χ0v) is 16.4. The van der Waals surface area contributed by atoms with Crippen molar-refractivity contribution >= 4 is 51.5 Å². The molecule has 0 atom stereocenters. The lowest BCUT2D eigenvalue weighted by Gasteiger charge is -2.13. The van der Waals surface area contributed by atoms with Crippen LogP contribution in [0.25, 0.3) is 10.8 Å². The van der Waals surface area contributed by atoms with Gasteiger partial charge in [0.25, 0.3) is 11.8 Å². The summed E-state index contributed by atoms with van der Waals surface area (Å²) in [6.45, 7) is 0. The van der Waals surface area contributed by atoms with Gasteiger partial charge in [0, 0.05) is 10.6 Å². The Labute approximate surface area is 171 Å². The molecule has 0 aliphatic heterocycles. The summed E-state index contributed by atoms with van der Waals surface area (Å²) in [7, 11) is 1.49. The van der Waals surface area contributed by atoms with Crippen LogP contribution in [0.3, 0.4) is 0 Å². The zero-order valence-electron chi connectivity index (χ0n) is 14.8. The lowest BCUT2D eigenvalue weighted by molar-refractivity contribution is 0.0934. The maximum absolute atomic E-state index is 12.6. The Morgan fingerprint density at radius 3 is 2.21 bits per heavy atom. The molecule has 0 fully saturated rings. The number of carbonyl (C=O) groups excluding carboxylic acids is 2. The maximum atomic E-state index is 12.6. The lowest BCUT2D eigenvalue weighted by atomic mass is 10.1. The van der Waals surface area contributed by atoms with Crippen molar-refractivity contribution in [1.29, 1.82) is 0 Å². The molecule has 0 aromatic heterocycles. The quantitative estimate of drug-likeness (QED) is 0.452. The molecule has 2 amide bonds. The molecule has 28 heavy (non-hydrogen) atoms. The van der Waals surface area contributed by atoms with E-state index in [2.05, 4.69) is 16.2 Å². The Hall–Kier alpha value is -3.16. The third-order valence-corrected chi connectivity index (χ3v) is 4.39. The van der Waals surface area contributed by atoms with Crippen molar-refractivity contribution in [3.63, 3.8) is 0 Å². The van der Waals surface area contributed by atoms with Crippen molar-refractivity contribution in [3.05, 3.63) is 76.8 Å². The second-order valence-corrected chi connectivity index (χ2v) is 6.61. The van der Waals surface area contributed by atoms with Crippen LogP contribution in [0.1, 0.15) is 20.7 Å². The van der Waals surface area contributed by atoms with Gasteiger partial charge < -0.3 is 4.74 Å². The van der Waals surface area contributed by atoms with Crippen molar-refractivity contribution in [1.82, 2.24) is 16.2 Å². The predicted molar refractivity (Wildman–Crippen MR) is 113 cm³/mol. The highest BCUT2D eigenvalue weighted by atomic mass is 35.5. The van der Waals surface area contributed by atoms with Crippen LogP contribution in [-0.2, 0) is 0 Å². The van der Waals surface area contributed by atoms with Gasteiger partial charge in [-0.1, -0.05) is 35.9 Å². The van der Waals surface area contributed by atoms with Crippen molar-refractivity contribution in [2.24, 2.45) is 0 Å². The van der Waals surface area contributed by atoms with E-state index in [-0.39, 0.29) is 5.11 Å². The van der Waals surface area contributed by atoms with Gasteiger partial charge >= 0.3 is 0 Å². The van der Waals surface area contributed by atoms with Gasteiger partial charge in [-0.2, -0.15) is 0 Å². The average molecular weight is 414 g/mol. The first-order valence-corrected chi connectivity index (χ1v) is 9.00. The Balaban J connectivity index is 1.65. The van der Waals surface area contributed by atoms with Crippen molar-refractivity contribution in [3.8, 4) is 5.75 Å². The Bertz CT molecular complexity index is 1050. The smallest absolute Gasteiger partial charge is 0.269 e. The Morgan fingerprint density at radius 1 is 0.929 bits per heavy atom. The second-order valence-electron chi connectivity index (χ2n) is 5.77. The fraction of sp³-hybridized carbons (Fsp3) is 0.0500. The second kappa shape index (κ2) is 8.69. The number of fused-ring (bicyclic) bond motifs is 1. The number of hydrogen-bond donors (Lipinski definition) is 3. The standard InChI is InChI=1S/C20H16ClN3O3S/c1-27-17-11-14-5-3-2-4-13(14)10-16(17)19(26)22-20(28)24-23-18(25)12-6-8-15(21)9-7-12/h2-11H,1H3,(H,23,25)(H2,22,24,26,28). The molecule has 3 aromatic rings. The van der Waals surface area contributed by atoms with Gasteiger partial charge in [0.2, 0.25) is 0 Å². The van der Waals surface area contributed by atoms with E-state index in [1.54, 1.807) is 36.4 Å². The van der Waals surface area contributed by atoms with Gasteiger partial charge in [-0.3, -0.25) is 25.8 Å². The van der Waals surface area contributed by atoms with Gasteiger partial charge in [0.05, 0.1) is 12.7 Å². The van der Waals surface area contributed by atoms with Crippen molar-refractivity contribution in [2.45, 2.75) is 0 Å². The summed E-state index contributed by atoms with van der Waals surface area (Å²) >= 11 is 10.9. The predicted octanol–water partition coefficient (Wildman–Crippen LogP) is 3.45. The highest BCUT2D eigenvalue weighted by molar-refractivity contribution is 7.80. The molecule has 0 aliphatic carbocycles. The van der Waals surface area contributed by atoms with E-state index >= 15 is 0 Å². The van der Waals surface area contributed by atoms with Crippen LogP contribution in [0.5, 0.6) is 5.75 Å².